The number of anilines is 1. The smallest absolute Gasteiger partial charge is 0.342 e. The monoisotopic (exact) mass is 321 g/mol. The quantitative estimate of drug-likeness (QED) is 0.871. The molecule has 2 aliphatic rings. The molecule has 0 radical (unpaired) electrons. The average molecular weight is 321 g/mol. The Morgan fingerprint density at radius 3 is 2.96 bits per heavy atom. The summed E-state index contributed by atoms with van der Waals surface area (Å²) in [7, 11) is 1.66. The van der Waals surface area contributed by atoms with Crippen molar-refractivity contribution in [3.8, 4) is 6.07 Å². The van der Waals surface area contributed by atoms with E-state index in [1.165, 1.54) is 4.74 Å². The molecule has 2 heterocycles. The highest BCUT2D eigenvalue weighted by molar-refractivity contribution is 6.00. The molecule has 0 saturated carbocycles. The van der Waals surface area contributed by atoms with E-state index in [2.05, 4.69) is 11.4 Å². The van der Waals surface area contributed by atoms with Gasteiger partial charge < -0.3 is 9.84 Å². The van der Waals surface area contributed by atoms with E-state index in [1.807, 2.05) is 6.07 Å². The van der Waals surface area contributed by atoms with Crippen LogP contribution in [0.3, 0.4) is 0 Å². The van der Waals surface area contributed by atoms with Crippen molar-refractivity contribution in [2.24, 2.45) is 7.05 Å². The Hall–Kier alpha value is -3.07. The lowest BCUT2D eigenvalue weighted by atomic mass is 9.76. The summed E-state index contributed by atoms with van der Waals surface area (Å²) in [6.07, 6.45) is 2.02. The highest BCUT2D eigenvalue weighted by atomic mass is 16.5. The van der Waals surface area contributed by atoms with E-state index < -0.39 is 11.5 Å². The van der Waals surface area contributed by atoms with Crippen LogP contribution in [0.25, 0.3) is 0 Å². The van der Waals surface area contributed by atoms with Crippen LogP contribution in [-0.4, -0.2) is 10.5 Å². The van der Waals surface area contributed by atoms with Gasteiger partial charge in [0.1, 0.15) is 0 Å². The zero-order valence-electron chi connectivity index (χ0n) is 13.1. The number of ketones is 1. The third kappa shape index (κ3) is 2.02. The first-order valence-corrected chi connectivity index (χ1v) is 7.83. The van der Waals surface area contributed by atoms with Crippen molar-refractivity contribution in [1.29, 1.82) is 5.26 Å². The summed E-state index contributed by atoms with van der Waals surface area (Å²) >= 11 is 0. The molecule has 1 atom stereocenters. The molecule has 4 rings (SSSR count). The number of rotatable bonds is 1. The van der Waals surface area contributed by atoms with Gasteiger partial charge in [-0.1, -0.05) is 12.1 Å². The van der Waals surface area contributed by atoms with Gasteiger partial charge in [-0.05, 0) is 30.5 Å². The number of hydrogen-bond acceptors (Lipinski definition) is 5. The molecule has 1 aromatic heterocycles. The molecule has 0 bridgehead atoms. The van der Waals surface area contributed by atoms with Crippen LogP contribution in [-0.2, 0) is 11.8 Å². The predicted octanol–water partition coefficient (Wildman–Crippen LogP) is 2.41. The van der Waals surface area contributed by atoms with Crippen LogP contribution in [0.1, 0.15) is 41.9 Å². The van der Waals surface area contributed by atoms with Crippen LogP contribution >= 0.6 is 0 Å². The van der Waals surface area contributed by atoms with Crippen molar-refractivity contribution >= 4 is 11.6 Å². The number of benzene rings is 1. The van der Waals surface area contributed by atoms with Gasteiger partial charge in [0.05, 0.1) is 23.1 Å². The van der Waals surface area contributed by atoms with Crippen molar-refractivity contribution in [2.45, 2.75) is 25.2 Å². The van der Waals surface area contributed by atoms with Crippen molar-refractivity contribution in [1.82, 2.24) is 4.74 Å². The summed E-state index contributed by atoms with van der Waals surface area (Å²) in [5.41, 5.74) is 2.71. The molecule has 1 aliphatic carbocycles. The maximum absolute atomic E-state index is 12.6. The van der Waals surface area contributed by atoms with Crippen molar-refractivity contribution in [3.63, 3.8) is 0 Å². The molecule has 1 unspecified atom stereocenters. The fourth-order valence-electron chi connectivity index (χ4n) is 3.62. The topological polar surface area (TPSA) is 88.0 Å². The van der Waals surface area contributed by atoms with Gasteiger partial charge in [0.25, 0.3) is 0 Å². The van der Waals surface area contributed by atoms with Crippen LogP contribution in [0.2, 0.25) is 0 Å². The molecule has 24 heavy (non-hydrogen) atoms. The second-order valence-electron chi connectivity index (χ2n) is 6.10. The van der Waals surface area contributed by atoms with Gasteiger partial charge in [0.2, 0.25) is 0 Å². The molecule has 120 valence electrons. The van der Waals surface area contributed by atoms with E-state index in [1.54, 1.807) is 25.2 Å². The predicted molar refractivity (Wildman–Crippen MR) is 86.5 cm³/mol. The number of hydrogen-bond donors (Lipinski definition) is 1. The van der Waals surface area contributed by atoms with Gasteiger partial charge in [-0.25, -0.2) is 4.79 Å². The van der Waals surface area contributed by atoms with Crippen molar-refractivity contribution < 1.29 is 9.32 Å². The summed E-state index contributed by atoms with van der Waals surface area (Å²) in [5.74, 6) is 0.139. The first-order valence-electron chi connectivity index (χ1n) is 7.83. The number of carbonyl (C=O) groups excluding carboxylic acids is 1. The molecule has 0 amide bonds. The zero-order chi connectivity index (χ0) is 16.8. The maximum Gasteiger partial charge on any atom is 0.363 e. The fourth-order valence-corrected chi connectivity index (χ4v) is 3.62. The van der Waals surface area contributed by atoms with Crippen LogP contribution < -0.4 is 10.9 Å². The second kappa shape index (κ2) is 5.24. The Bertz CT molecular complexity index is 988. The van der Waals surface area contributed by atoms with Crippen molar-refractivity contribution in [3.05, 3.63) is 62.6 Å². The van der Waals surface area contributed by atoms with E-state index in [-0.39, 0.29) is 5.78 Å². The van der Waals surface area contributed by atoms with E-state index >= 15 is 0 Å². The molecule has 6 heteroatoms. The number of allylic oxidation sites excluding steroid dienone is 2. The molecular weight excluding hydrogens is 306 g/mol. The van der Waals surface area contributed by atoms with Gasteiger partial charge >= 0.3 is 5.63 Å². The lowest BCUT2D eigenvalue weighted by molar-refractivity contribution is -0.116. The minimum Gasteiger partial charge on any atom is -0.342 e. The largest absolute Gasteiger partial charge is 0.363 e. The van der Waals surface area contributed by atoms with Gasteiger partial charge in [-0.2, -0.15) is 10.0 Å². The van der Waals surface area contributed by atoms with Crippen LogP contribution in [0.5, 0.6) is 0 Å². The standard InChI is InChI=1S/C18H15N3O3/c1-21-17-16(18(23)24-21)14(11-5-2-4-10(8-11)9-19)15-12(20-17)6-3-7-13(15)22/h2,4-5,8,14,20H,3,6-7H2,1H3. The minimum absolute atomic E-state index is 0.0463. The van der Waals surface area contributed by atoms with Crippen LogP contribution in [0.15, 0.2) is 44.9 Å². The maximum atomic E-state index is 12.6. The Morgan fingerprint density at radius 2 is 2.17 bits per heavy atom. The highest BCUT2D eigenvalue weighted by Crippen LogP contribution is 2.44. The molecule has 0 fully saturated rings. The minimum atomic E-state index is -0.491. The number of nitriles is 1. The summed E-state index contributed by atoms with van der Waals surface area (Å²) in [5, 5.41) is 12.4. The molecule has 0 spiro atoms. The zero-order valence-corrected chi connectivity index (χ0v) is 13.1. The van der Waals surface area contributed by atoms with Gasteiger partial charge in [-0.3, -0.25) is 4.79 Å². The van der Waals surface area contributed by atoms with Gasteiger partial charge in [0, 0.05) is 24.7 Å². The summed E-state index contributed by atoms with van der Waals surface area (Å²) < 4.78 is 6.62. The SMILES string of the molecule is Cn1oc(=O)c2c1NC1=C(C(=O)CCC1)C2c1cccc(C#N)c1. The molecular formula is C18H15N3O3. The molecule has 2 aromatic rings. The normalized spacial score (nSPS) is 19.3. The number of nitrogens with one attached hydrogen (secondary N) is 1. The Kier molecular flexibility index (Phi) is 3.17. The van der Waals surface area contributed by atoms with Crippen molar-refractivity contribution in [2.75, 3.05) is 5.32 Å². The van der Waals surface area contributed by atoms with Gasteiger partial charge in [0.15, 0.2) is 11.6 Å². The van der Waals surface area contributed by atoms with Crippen LogP contribution in [0, 0.1) is 11.3 Å². The number of aryl methyl sites for hydroxylation is 1. The molecule has 1 N–H and O–H groups in total. The van der Waals surface area contributed by atoms with E-state index in [0.29, 0.717) is 28.9 Å². The number of Topliss-reactive ketones (excluding diaryl/α,β-unsaturated/α-hetero) is 1. The number of nitrogens with zero attached hydrogens (tertiary/aromatic N) is 2. The Labute approximate surface area is 138 Å². The first kappa shape index (κ1) is 14.5. The number of fused-ring (bicyclic) bond motifs is 1. The third-order valence-corrected chi connectivity index (χ3v) is 4.66. The summed E-state index contributed by atoms with van der Waals surface area (Å²) in [6, 6.07) is 9.17. The number of carbonyl (C=O) groups is 1. The summed E-state index contributed by atoms with van der Waals surface area (Å²) in [6.45, 7) is 0. The Balaban J connectivity index is 2.00. The molecule has 6 nitrogen and oxygen atoms in total. The number of aromatic nitrogens is 1. The summed E-state index contributed by atoms with van der Waals surface area (Å²) in [4.78, 5) is 25.0. The Morgan fingerprint density at radius 1 is 1.33 bits per heavy atom. The van der Waals surface area contributed by atoms with E-state index in [0.717, 1.165) is 24.1 Å². The first-order chi connectivity index (χ1) is 11.6. The van der Waals surface area contributed by atoms with Crippen LogP contribution in [0.4, 0.5) is 5.82 Å². The molecule has 0 saturated heterocycles. The fraction of sp³-hybridized carbons (Fsp3) is 0.278. The lowest BCUT2D eigenvalue weighted by Gasteiger charge is -2.31. The van der Waals surface area contributed by atoms with E-state index in [4.69, 9.17) is 4.52 Å². The molecule has 1 aliphatic heterocycles. The van der Waals surface area contributed by atoms with E-state index in [9.17, 15) is 14.9 Å². The molecule has 1 aromatic carbocycles. The van der Waals surface area contributed by atoms with Gasteiger partial charge in [-0.15, -0.1) is 0 Å². The third-order valence-electron chi connectivity index (χ3n) is 4.66. The lowest BCUT2D eigenvalue weighted by Crippen LogP contribution is -2.29. The average Bonchev–Trinajstić information content (AvgIpc) is 2.87. The second-order valence-corrected chi connectivity index (χ2v) is 6.10. The highest BCUT2D eigenvalue weighted by Gasteiger charge is 2.39.